The van der Waals surface area contributed by atoms with Crippen LogP contribution in [0.4, 0.5) is 0 Å². The number of thioether (sulfide) groups is 1. The van der Waals surface area contributed by atoms with Gasteiger partial charge in [-0.1, -0.05) is 13.8 Å². The topological polar surface area (TPSA) is 29.1 Å². The zero-order chi connectivity index (χ0) is 9.14. The summed E-state index contributed by atoms with van der Waals surface area (Å²) in [6.07, 6.45) is 1.12. The van der Waals surface area contributed by atoms with E-state index < -0.39 is 0 Å². The largest absolute Gasteiger partial charge is 0.353 e. The predicted molar refractivity (Wildman–Crippen MR) is 53.3 cm³/mol. The fraction of sp³-hybridized carbons (Fsp3) is 0.889. The lowest BCUT2D eigenvalue weighted by Gasteiger charge is -2.32. The van der Waals surface area contributed by atoms with Crippen LogP contribution in [0.15, 0.2) is 0 Å². The van der Waals surface area contributed by atoms with E-state index >= 15 is 0 Å². The first-order chi connectivity index (χ1) is 5.59. The van der Waals surface area contributed by atoms with E-state index in [1.165, 1.54) is 5.75 Å². The number of carbonyl (C=O) groups is 1. The molecule has 0 unspecified atom stereocenters. The highest BCUT2D eigenvalue weighted by atomic mass is 32.2. The highest BCUT2D eigenvalue weighted by Crippen LogP contribution is 2.28. The van der Waals surface area contributed by atoms with Crippen molar-refractivity contribution in [3.05, 3.63) is 0 Å². The smallest absolute Gasteiger partial charge is 0.217 e. The molecule has 12 heavy (non-hydrogen) atoms. The number of hydrogen-bond acceptors (Lipinski definition) is 2. The van der Waals surface area contributed by atoms with Crippen LogP contribution in [-0.2, 0) is 4.79 Å². The molecule has 70 valence electrons. The molecule has 1 saturated heterocycles. The molecule has 1 N–H and O–H groups in total. The van der Waals surface area contributed by atoms with Gasteiger partial charge >= 0.3 is 0 Å². The molecule has 0 saturated carbocycles. The van der Waals surface area contributed by atoms with Crippen LogP contribution in [0.2, 0.25) is 0 Å². The van der Waals surface area contributed by atoms with Crippen molar-refractivity contribution in [1.29, 1.82) is 0 Å². The average molecular weight is 187 g/mol. The number of hydrogen-bond donors (Lipinski definition) is 1. The Bertz CT molecular complexity index is 172. The monoisotopic (exact) mass is 187 g/mol. The number of nitrogens with one attached hydrogen (secondary N) is 1. The molecule has 0 aromatic carbocycles. The normalized spacial score (nSPS) is 36.1. The van der Waals surface area contributed by atoms with Gasteiger partial charge in [0, 0.05) is 18.2 Å². The van der Waals surface area contributed by atoms with Crippen molar-refractivity contribution in [2.45, 2.75) is 38.5 Å². The van der Waals surface area contributed by atoms with Crippen molar-refractivity contribution in [3.63, 3.8) is 0 Å². The van der Waals surface area contributed by atoms with E-state index in [1.807, 2.05) is 11.8 Å². The summed E-state index contributed by atoms with van der Waals surface area (Å²) in [5.74, 6) is 1.90. The van der Waals surface area contributed by atoms with Crippen LogP contribution >= 0.6 is 11.8 Å². The van der Waals surface area contributed by atoms with Crippen molar-refractivity contribution in [3.8, 4) is 0 Å². The second-order valence-electron chi connectivity index (χ2n) is 3.66. The SMILES string of the molecule is CC(=O)N[C@@H]1C[C@H](C)SC[C@H]1C. The Balaban J connectivity index is 2.43. The van der Waals surface area contributed by atoms with Crippen molar-refractivity contribution in [1.82, 2.24) is 5.32 Å². The van der Waals surface area contributed by atoms with Crippen LogP contribution in [0.25, 0.3) is 0 Å². The van der Waals surface area contributed by atoms with Gasteiger partial charge in [0.05, 0.1) is 0 Å². The lowest BCUT2D eigenvalue weighted by molar-refractivity contribution is -0.120. The summed E-state index contributed by atoms with van der Waals surface area (Å²) in [6, 6.07) is 0.402. The number of rotatable bonds is 1. The van der Waals surface area contributed by atoms with E-state index in [0.29, 0.717) is 17.2 Å². The number of amides is 1. The first-order valence-electron chi connectivity index (χ1n) is 4.48. The molecule has 1 aliphatic heterocycles. The predicted octanol–water partition coefficient (Wildman–Crippen LogP) is 1.65. The summed E-state index contributed by atoms with van der Waals surface area (Å²) in [5.41, 5.74) is 0. The van der Waals surface area contributed by atoms with Crippen molar-refractivity contribution in [2.24, 2.45) is 5.92 Å². The molecule has 0 bridgehead atoms. The molecular weight excluding hydrogens is 170 g/mol. The Hall–Kier alpha value is -0.180. The minimum Gasteiger partial charge on any atom is -0.353 e. The summed E-state index contributed by atoms with van der Waals surface area (Å²) in [5, 5.41) is 3.70. The van der Waals surface area contributed by atoms with Gasteiger partial charge in [-0.25, -0.2) is 0 Å². The van der Waals surface area contributed by atoms with Crippen molar-refractivity contribution in [2.75, 3.05) is 5.75 Å². The Morgan fingerprint density at radius 2 is 2.17 bits per heavy atom. The van der Waals surface area contributed by atoms with Crippen molar-refractivity contribution < 1.29 is 4.79 Å². The van der Waals surface area contributed by atoms with Crippen LogP contribution in [-0.4, -0.2) is 23.0 Å². The maximum atomic E-state index is 10.8. The standard InChI is InChI=1S/C9H17NOS/c1-6-5-12-7(2)4-9(6)10-8(3)11/h6-7,9H,4-5H2,1-3H3,(H,10,11)/t6-,7+,9-/m1/s1. The average Bonchev–Trinajstić information content (AvgIpc) is 1.96. The van der Waals surface area contributed by atoms with Crippen LogP contribution in [0, 0.1) is 5.92 Å². The minimum absolute atomic E-state index is 0.103. The maximum absolute atomic E-state index is 10.8. The second-order valence-corrected chi connectivity index (χ2v) is 5.14. The molecule has 1 aliphatic rings. The molecule has 0 radical (unpaired) electrons. The fourth-order valence-corrected chi connectivity index (χ4v) is 2.76. The Labute approximate surface area is 78.5 Å². The highest BCUT2D eigenvalue weighted by molar-refractivity contribution is 7.99. The summed E-state index contributed by atoms with van der Waals surface area (Å²) >= 11 is 2.01. The highest BCUT2D eigenvalue weighted by Gasteiger charge is 2.25. The van der Waals surface area contributed by atoms with Gasteiger partial charge in [0.2, 0.25) is 5.91 Å². The van der Waals surface area contributed by atoms with Gasteiger partial charge in [-0.15, -0.1) is 0 Å². The number of carbonyl (C=O) groups excluding carboxylic acids is 1. The molecule has 1 amide bonds. The molecule has 0 aromatic heterocycles. The summed E-state index contributed by atoms with van der Waals surface area (Å²) in [4.78, 5) is 10.8. The van der Waals surface area contributed by atoms with Crippen LogP contribution < -0.4 is 5.32 Å². The Morgan fingerprint density at radius 3 is 2.75 bits per heavy atom. The van der Waals surface area contributed by atoms with E-state index in [4.69, 9.17) is 0 Å². The molecule has 0 aromatic rings. The third kappa shape index (κ3) is 2.70. The molecule has 1 fully saturated rings. The van der Waals surface area contributed by atoms with E-state index in [-0.39, 0.29) is 5.91 Å². The van der Waals surface area contributed by atoms with Crippen LogP contribution in [0.1, 0.15) is 27.2 Å². The fourth-order valence-electron chi connectivity index (χ4n) is 1.55. The van der Waals surface area contributed by atoms with E-state index in [2.05, 4.69) is 19.2 Å². The van der Waals surface area contributed by atoms with Crippen molar-refractivity contribution >= 4 is 17.7 Å². The second kappa shape index (κ2) is 4.17. The van der Waals surface area contributed by atoms with Crippen LogP contribution in [0.5, 0.6) is 0 Å². The summed E-state index contributed by atoms with van der Waals surface area (Å²) < 4.78 is 0. The Morgan fingerprint density at radius 1 is 1.50 bits per heavy atom. The molecule has 3 atom stereocenters. The lowest BCUT2D eigenvalue weighted by Crippen LogP contribution is -2.43. The Kier molecular flexibility index (Phi) is 3.44. The third-order valence-electron chi connectivity index (χ3n) is 2.31. The molecule has 0 aliphatic carbocycles. The molecule has 1 rings (SSSR count). The van der Waals surface area contributed by atoms with Gasteiger partial charge in [-0.2, -0.15) is 11.8 Å². The maximum Gasteiger partial charge on any atom is 0.217 e. The molecule has 2 nitrogen and oxygen atoms in total. The van der Waals surface area contributed by atoms with Gasteiger partial charge in [-0.05, 0) is 18.1 Å². The molecule has 1 heterocycles. The first-order valence-corrected chi connectivity index (χ1v) is 5.53. The van der Waals surface area contributed by atoms with Gasteiger partial charge in [-0.3, -0.25) is 4.79 Å². The first kappa shape index (κ1) is 9.90. The van der Waals surface area contributed by atoms with E-state index in [1.54, 1.807) is 6.92 Å². The molecule has 3 heteroatoms. The molecular formula is C9H17NOS. The zero-order valence-corrected chi connectivity index (χ0v) is 8.78. The van der Waals surface area contributed by atoms with Crippen LogP contribution in [0.3, 0.4) is 0 Å². The van der Waals surface area contributed by atoms with E-state index in [9.17, 15) is 4.79 Å². The summed E-state index contributed by atoms with van der Waals surface area (Å²) in [7, 11) is 0. The summed E-state index contributed by atoms with van der Waals surface area (Å²) in [6.45, 7) is 6.03. The lowest BCUT2D eigenvalue weighted by atomic mass is 9.98. The quantitative estimate of drug-likeness (QED) is 0.676. The van der Waals surface area contributed by atoms with Gasteiger partial charge in [0.1, 0.15) is 0 Å². The van der Waals surface area contributed by atoms with Gasteiger partial charge < -0.3 is 5.32 Å². The zero-order valence-electron chi connectivity index (χ0n) is 7.96. The van der Waals surface area contributed by atoms with Gasteiger partial charge in [0.15, 0.2) is 0 Å². The minimum atomic E-state index is 0.103. The van der Waals surface area contributed by atoms with Gasteiger partial charge in [0.25, 0.3) is 0 Å². The van der Waals surface area contributed by atoms with E-state index in [0.717, 1.165) is 6.42 Å². The third-order valence-corrected chi connectivity index (χ3v) is 3.78. The molecule has 0 spiro atoms.